The second-order valence-corrected chi connectivity index (χ2v) is 6.61. The van der Waals surface area contributed by atoms with Crippen LogP contribution in [0, 0.1) is 5.92 Å². The number of nitrogens with zero attached hydrogens (tertiary/aromatic N) is 2. The smallest absolute Gasteiger partial charge is 0.417 e. The minimum Gasteiger partial charge on any atom is -0.494 e. The maximum absolute atomic E-state index is 12.6. The monoisotopic (exact) mass is 393 g/mol. The predicted octanol–water partition coefficient (Wildman–Crippen LogP) is 4.35. The van der Waals surface area contributed by atoms with Gasteiger partial charge in [0.2, 0.25) is 5.91 Å². The molecule has 2 aromatic rings. The molecule has 0 spiro atoms. The highest BCUT2D eigenvalue weighted by Gasteiger charge is 2.31. The number of pyridine rings is 1. The summed E-state index contributed by atoms with van der Waals surface area (Å²) in [5.74, 6) is 1.05. The lowest BCUT2D eigenvalue weighted by Crippen LogP contribution is -2.38. The highest BCUT2D eigenvalue weighted by molar-refractivity contribution is 5.92. The van der Waals surface area contributed by atoms with Crippen molar-refractivity contribution in [1.29, 1.82) is 0 Å². The van der Waals surface area contributed by atoms with Gasteiger partial charge in [-0.05, 0) is 56.2 Å². The standard InChI is InChI=1S/C20H22F3N3O2/c1-2-28-17-6-4-16(5-7-17)25-19(27)14-9-11-26(12-10-14)18-8-3-15(13-24-18)20(21,22)23/h3-8,13-14H,2,9-12H2,1H3,(H,25,27). The molecule has 1 N–H and O–H groups in total. The first-order chi connectivity index (χ1) is 13.4. The lowest BCUT2D eigenvalue weighted by atomic mass is 9.95. The summed E-state index contributed by atoms with van der Waals surface area (Å²) in [6.45, 7) is 3.62. The third kappa shape index (κ3) is 4.94. The lowest BCUT2D eigenvalue weighted by Gasteiger charge is -2.32. The molecular formula is C20H22F3N3O2. The molecule has 1 fully saturated rings. The van der Waals surface area contributed by atoms with Crippen LogP contribution >= 0.6 is 0 Å². The van der Waals surface area contributed by atoms with Crippen molar-refractivity contribution in [3.8, 4) is 5.75 Å². The third-order valence-corrected chi connectivity index (χ3v) is 4.70. The number of halogens is 3. The number of rotatable bonds is 5. The second-order valence-electron chi connectivity index (χ2n) is 6.61. The number of nitrogens with one attached hydrogen (secondary N) is 1. The SMILES string of the molecule is CCOc1ccc(NC(=O)C2CCN(c3ccc(C(F)(F)F)cn3)CC2)cc1. The van der Waals surface area contributed by atoms with Crippen LogP contribution in [-0.4, -0.2) is 30.6 Å². The van der Waals surface area contributed by atoms with Gasteiger partial charge in [0, 0.05) is 30.9 Å². The lowest BCUT2D eigenvalue weighted by molar-refractivity contribution is -0.137. The van der Waals surface area contributed by atoms with Crippen LogP contribution in [0.2, 0.25) is 0 Å². The number of amides is 1. The molecule has 5 nitrogen and oxygen atoms in total. The van der Waals surface area contributed by atoms with Crippen molar-refractivity contribution in [2.45, 2.75) is 25.9 Å². The Labute approximate surface area is 161 Å². The fourth-order valence-electron chi connectivity index (χ4n) is 3.16. The molecule has 1 aliphatic heterocycles. The summed E-state index contributed by atoms with van der Waals surface area (Å²) < 4.78 is 43.3. The van der Waals surface area contributed by atoms with Crippen LogP contribution < -0.4 is 15.0 Å². The molecule has 0 saturated carbocycles. The largest absolute Gasteiger partial charge is 0.494 e. The Kier molecular flexibility index (Phi) is 6.06. The highest BCUT2D eigenvalue weighted by atomic mass is 19.4. The predicted molar refractivity (Wildman–Crippen MR) is 100 cm³/mol. The van der Waals surface area contributed by atoms with Crippen molar-refractivity contribution in [2.24, 2.45) is 5.92 Å². The summed E-state index contributed by atoms with van der Waals surface area (Å²) in [6.07, 6.45) is -2.31. The molecule has 0 radical (unpaired) electrons. The van der Waals surface area contributed by atoms with E-state index in [1.54, 1.807) is 24.3 Å². The van der Waals surface area contributed by atoms with E-state index in [0.717, 1.165) is 18.0 Å². The van der Waals surface area contributed by atoms with Crippen LogP contribution in [0.15, 0.2) is 42.6 Å². The van der Waals surface area contributed by atoms with Gasteiger partial charge < -0.3 is 15.0 Å². The second kappa shape index (κ2) is 8.50. The van der Waals surface area contributed by atoms with Crippen LogP contribution in [0.3, 0.4) is 0 Å². The Bertz CT molecular complexity index is 784. The van der Waals surface area contributed by atoms with Crippen molar-refractivity contribution in [2.75, 3.05) is 29.9 Å². The molecule has 28 heavy (non-hydrogen) atoms. The van der Waals surface area contributed by atoms with E-state index in [0.29, 0.717) is 44.0 Å². The maximum atomic E-state index is 12.6. The number of aromatic nitrogens is 1. The Balaban J connectivity index is 1.52. The Morgan fingerprint density at radius 3 is 2.39 bits per heavy atom. The number of piperidine rings is 1. The number of benzene rings is 1. The van der Waals surface area contributed by atoms with Crippen molar-refractivity contribution >= 4 is 17.4 Å². The molecule has 3 rings (SSSR count). The Hall–Kier alpha value is -2.77. The number of anilines is 2. The van der Waals surface area contributed by atoms with Gasteiger partial charge >= 0.3 is 6.18 Å². The van der Waals surface area contributed by atoms with Crippen molar-refractivity contribution in [3.05, 3.63) is 48.2 Å². The summed E-state index contributed by atoms with van der Waals surface area (Å²) in [6, 6.07) is 9.61. The van der Waals surface area contributed by atoms with Gasteiger partial charge in [0.25, 0.3) is 0 Å². The van der Waals surface area contributed by atoms with Crippen molar-refractivity contribution in [3.63, 3.8) is 0 Å². The molecule has 1 amide bonds. The van der Waals surface area contributed by atoms with Crippen LogP contribution in [0.5, 0.6) is 5.75 Å². The molecule has 1 aliphatic rings. The molecule has 2 heterocycles. The van der Waals surface area contributed by atoms with Gasteiger partial charge in [0.15, 0.2) is 0 Å². The summed E-state index contributed by atoms with van der Waals surface area (Å²) in [5.41, 5.74) is -0.0545. The number of carbonyl (C=O) groups excluding carboxylic acids is 1. The topological polar surface area (TPSA) is 54.5 Å². The molecule has 0 atom stereocenters. The molecule has 150 valence electrons. The number of hydrogen-bond acceptors (Lipinski definition) is 4. The van der Waals surface area contributed by atoms with Gasteiger partial charge in [-0.3, -0.25) is 4.79 Å². The number of carbonyl (C=O) groups is 1. The molecule has 8 heteroatoms. The van der Waals surface area contributed by atoms with E-state index in [1.807, 2.05) is 11.8 Å². The Morgan fingerprint density at radius 2 is 1.86 bits per heavy atom. The zero-order chi connectivity index (χ0) is 20.1. The zero-order valence-corrected chi connectivity index (χ0v) is 15.5. The average molecular weight is 393 g/mol. The van der Waals surface area contributed by atoms with E-state index in [4.69, 9.17) is 4.74 Å². The van der Waals surface area contributed by atoms with Gasteiger partial charge in [0.05, 0.1) is 12.2 Å². The maximum Gasteiger partial charge on any atom is 0.417 e. The van der Waals surface area contributed by atoms with E-state index in [2.05, 4.69) is 10.3 Å². The first-order valence-corrected chi connectivity index (χ1v) is 9.18. The van der Waals surface area contributed by atoms with Gasteiger partial charge in [0.1, 0.15) is 11.6 Å². The quantitative estimate of drug-likeness (QED) is 0.820. The minimum absolute atomic E-state index is 0.0517. The van der Waals surface area contributed by atoms with Gasteiger partial charge in [-0.25, -0.2) is 4.98 Å². The molecular weight excluding hydrogens is 371 g/mol. The van der Waals surface area contributed by atoms with Gasteiger partial charge in [-0.1, -0.05) is 0 Å². The van der Waals surface area contributed by atoms with E-state index < -0.39 is 11.7 Å². The third-order valence-electron chi connectivity index (χ3n) is 4.70. The number of alkyl halides is 3. The Morgan fingerprint density at radius 1 is 1.18 bits per heavy atom. The fourth-order valence-corrected chi connectivity index (χ4v) is 3.16. The average Bonchev–Trinajstić information content (AvgIpc) is 2.69. The molecule has 1 aromatic carbocycles. The summed E-state index contributed by atoms with van der Waals surface area (Å²) >= 11 is 0. The fraction of sp³-hybridized carbons (Fsp3) is 0.400. The zero-order valence-electron chi connectivity index (χ0n) is 15.5. The van der Waals surface area contributed by atoms with Gasteiger partial charge in [-0.2, -0.15) is 13.2 Å². The van der Waals surface area contributed by atoms with Crippen LogP contribution in [-0.2, 0) is 11.0 Å². The van der Waals surface area contributed by atoms with E-state index in [9.17, 15) is 18.0 Å². The molecule has 1 saturated heterocycles. The van der Waals surface area contributed by atoms with E-state index >= 15 is 0 Å². The van der Waals surface area contributed by atoms with E-state index in [-0.39, 0.29) is 11.8 Å². The van der Waals surface area contributed by atoms with Crippen LogP contribution in [0.25, 0.3) is 0 Å². The van der Waals surface area contributed by atoms with Crippen LogP contribution in [0.1, 0.15) is 25.3 Å². The van der Waals surface area contributed by atoms with Crippen molar-refractivity contribution < 1.29 is 22.7 Å². The highest BCUT2D eigenvalue weighted by Crippen LogP contribution is 2.30. The van der Waals surface area contributed by atoms with Gasteiger partial charge in [-0.15, -0.1) is 0 Å². The molecule has 0 bridgehead atoms. The summed E-state index contributed by atoms with van der Waals surface area (Å²) in [5, 5.41) is 2.91. The van der Waals surface area contributed by atoms with Crippen LogP contribution in [0.4, 0.5) is 24.7 Å². The first-order valence-electron chi connectivity index (χ1n) is 9.18. The molecule has 0 unspecified atom stereocenters. The van der Waals surface area contributed by atoms with E-state index in [1.165, 1.54) is 6.07 Å². The van der Waals surface area contributed by atoms with Crippen molar-refractivity contribution in [1.82, 2.24) is 4.98 Å². The number of hydrogen-bond donors (Lipinski definition) is 1. The molecule has 1 aromatic heterocycles. The molecule has 0 aliphatic carbocycles. The minimum atomic E-state index is -4.39. The first kappa shape index (κ1) is 20.0. The number of ether oxygens (including phenoxy) is 1. The summed E-state index contributed by atoms with van der Waals surface area (Å²) in [4.78, 5) is 18.3. The summed E-state index contributed by atoms with van der Waals surface area (Å²) in [7, 11) is 0. The normalized spacial score (nSPS) is 15.4.